The standard InChI is InChI=1S/C12H19N3O2S/c16-18(17,15-9-3-6-13-8-10-15)11-5-12-4-1-2-7-14-12/h1-2,4,7,13H,3,5-6,8-11H2. The molecule has 100 valence electrons. The molecule has 1 N–H and O–H groups in total. The van der Waals surface area contributed by atoms with Gasteiger partial charge < -0.3 is 5.32 Å². The molecule has 0 bridgehead atoms. The third-order valence-electron chi connectivity index (χ3n) is 3.03. The van der Waals surface area contributed by atoms with Crippen LogP contribution in [0.25, 0.3) is 0 Å². The zero-order chi connectivity index (χ0) is 12.8. The monoisotopic (exact) mass is 269 g/mol. The molecule has 0 atom stereocenters. The van der Waals surface area contributed by atoms with Crippen LogP contribution >= 0.6 is 0 Å². The number of nitrogens with one attached hydrogen (secondary N) is 1. The third kappa shape index (κ3) is 3.76. The van der Waals surface area contributed by atoms with Crippen molar-refractivity contribution < 1.29 is 8.42 Å². The maximum atomic E-state index is 12.2. The summed E-state index contributed by atoms with van der Waals surface area (Å²) in [5, 5.41) is 3.20. The lowest BCUT2D eigenvalue weighted by Crippen LogP contribution is -2.36. The van der Waals surface area contributed by atoms with E-state index in [-0.39, 0.29) is 5.75 Å². The minimum absolute atomic E-state index is 0.143. The van der Waals surface area contributed by atoms with Crippen molar-refractivity contribution >= 4 is 10.0 Å². The quantitative estimate of drug-likeness (QED) is 0.851. The normalized spacial score (nSPS) is 18.4. The fraction of sp³-hybridized carbons (Fsp3) is 0.583. The predicted octanol–water partition coefficient (Wildman–Crippen LogP) is 0.249. The van der Waals surface area contributed by atoms with Crippen LogP contribution in [-0.2, 0) is 16.4 Å². The SMILES string of the molecule is O=S(=O)(CCc1ccccn1)N1CCCNCC1. The second-order valence-corrected chi connectivity index (χ2v) is 6.48. The van der Waals surface area contributed by atoms with E-state index in [1.165, 1.54) is 0 Å². The Morgan fingerprint density at radius 2 is 2.17 bits per heavy atom. The number of pyridine rings is 1. The summed E-state index contributed by atoms with van der Waals surface area (Å²) in [6, 6.07) is 5.57. The largest absolute Gasteiger partial charge is 0.315 e. The van der Waals surface area contributed by atoms with Crippen molar-refractivity contribution in [1.29, 1.82) is 0 Å². The topological polar surface area (TPSA) is 62.3 Å². The number of aryl methyl sites for hydroxylation is 1. The number of aromatic nitrogens is 1. The molecule has 1 fully saturated rings. The molecule has 1 aromatic heterocycles. The maximum Gasteiger partial charge on any atom is 0.214 e. The Kier molecular flexibility index (Phi) is 4.68. The highest BCUT2D eigenvalue weighted by atomic mass is 32.2. The van der Waals surface area contributed by atoms with E-state index >= 15 is 0 Å². The van der Waals surface area contributed by atoms with Gasteiger partial charge in [0.1, 0.15) is 0 Å². The first-order chi connectivity index (χ1) is 8.68. The predicted molar refractivity (Wildman–Crippen MR) is 70.8 cm³/mol. The molecule has 6 heteroatoms. The van der Waals surface area contributed by atoms with Gasteiger partial charge in [0.25, 0.3) is 0 Å². The average Bonchev–Trinajstić information content (AvgIpc) is 2.67. The summed E-state index contributed by atoms with van der Waals surface area (Å²) in [5.41, 5.74) is 0.828. The van der Waals surface area contributed by atoms with Gasteiger partial charge in [0, 0.05) is 37.9 Å². The van der Waals surface area contributed by atoms with E-state index in [9.17, 15) is 8.42 Å². The molecule has 2 heterocycles. The van der Waals surface area contributed by atoms with Crippen LogP contribution in [0.2, 0.25) is 0 Å². The van der Waals surface area contributed by atoms with Crippen LogP contribution in [-0.4, -0.2) is 49.6 Å². The molecule has 1 aliphatic rings. The Morgan fingerprint density at radius 1 is 1.28 bits per heavy atom. The van der Waals surface area contributed by atoms with Gasteiger partial charge in [0.2, 0.25) is 10.0 Å². The summed E-state index contributed by atoms with van der Waals surface area (Å²) in [6.07, 6.45) is 3.05. The Balaban J connectivity index is 1.94. The van der Waals surface area contributed by atoms with Crippen molar-refractivity contribution in [3.05, 3.63) is 30.1 Å². The van der Waals surface area contributed by atoms with Crippen LogP contribution < -0.4 is 5.32 Å². The zero-order valence-electron chi connectivity index (χ0n) is 10.4. The van der Waals surface area contributed by atoms with E-state index in [1.807, 2.05) is 18.2 Å². The van der Waals surface area contributed by atoms with Crippen molar-refractivity contribution in [3.8, 4) is 0 Å². The summed E-state index contributed by atoms with van der Waals surface area (Å²) >= 11 is 0. The van der Waals surface area contributed by atoms with E-state index in [2.05, 4.69) is 10.3 Å². The Bertz CT molecular complexity index is 453. The fourth-order valence-electron chi connectivity index (χ4n) is 2.01. The number of hydrogen-bond acceptors (Lipinski definition) is 4. The van der Waals surface area contributed by atoms with Crippen molar-refractivity contribution in [3.63, 3.8) is 0 Å². The molecule has 0 saturated carbocycles. The first-order valence-corrected chi connectivity index (χ1v) is 7.88. The van der Waals surface area contributed by atoms with Gasteiger partial charge in [-0.15, -0.1) is 0 Å². The lowest BCUT2D eigenvalue weighted by Gasteiger charge is -2.19. The molecule has 1 aromatic rings. The Labute approximate surface area is 108 Å². The smallest absolute Gasteiger partial charge is 0.214 e. The lowest BCUT2D eigenvalue weighted by atomic mass is 10.3. The van der Waals surface area contributed by atoms with Gasteiger partial charge in [0.05, 0.1) is 5.75 Å². The van der Waals surface area contributed by atoms with Crippen molar-refractivity contribution in [2.45, 2.75) is 12.8 Å². The van der Waals surface area contributed by atoms with E-state index < -0.39 is 10.0 Å². The van der Waals surface area contributed by atoms with Crippen molar-refractivity contribution in [1.82, 2.24) is 14.6 Å². The van der Waals surface area contributed by atoms with Gasteiger partial charge in [-0.1, -0.05) is 6.07 Å². The number of sulfonamides is 1. The molecule has 0 unspecified atom stereocenters. The highest BCUT2D eigenvalue weighted by Crippen LogP contribution is 2.07. The minimum Gasteiger partial charge on any atom is -0.315 e. The fourth-order valence-corrected chi connectivity index (χ4v) is 3.51. The van der Waals surface area contributed by atoms with Gasteiger partial charge >= 0.3 is 0 Å². The van der Waals surface area contributed by atoms with Gasteiger partial charge in [0.15, 0.2) is 0 Å². The van der Waals surface area contributed by atoms with Crippen molar-refractivity contribution in [2.75, 3.05) is 31.9 Å². The number of nitrogens with zero attached hydrogens (tertiary/aromatic N) is 2. The van der Waals surface area contributed by atoms with Gasteiger partial charge in [-0.25, -0.2) is 12.7 Å². The second-order valence-electron chi connectivity index (χ2n) is 4.39. The molecule has 1 aliphatic heterocycles. The first-order valence-electron chi connectivity index (χ1n) is 6.27. The summed E-state index contributed by atoms with van der Waals surface area (Å²) in [6.45, 7) is 2.83. The molecule has 0 aliphatic carbocycles. The molecule has 0 amide bonds. The van der Waals surface area contributed by atoms with Crippen LogP contribution in [0.5, 0.6) is 0 Å². The molecule has 18 heavy (non-hydrogen) atoms. The van der Waals surface area contributed by atoms with E-state index in [1.54, 1.807) is 10.5 Å². The third-order valence-corrected chi connectivity index (χ3v) is 4.91. The highest BCUT2D eigenvalue weighted by Gasteiger charge is 2.22. The maximum absolute atomic E-state index is 12.2. The highest BCUT2D eigenvalue weighted by molar-refractivity contribution is 7.89. The summed E-state index contributed by atoms with van der Waals surface area (Å²) in [7, 11) is -3.15. The van der Waals surface area contributed by atoms with Crippen molar-refractivity contribution in [2.24, 2.45) is 0 Å². The average molecular weight is 269 g/mol. The molecule has 1 saturated heterocycles. The molecule has 0 radical (unpaired) electrons. The van der Waals surface area contributed by atoms with Gasteiger partial charge in [-0.3, -0.25) is 4.98 Å². The lowest BCUT2D eigenvalue weighted by molar-refractivity contribution is 0.431. The molecule has 5 nitrogen and oxygen atoms in total. The zero-order valence-corrected chi connectivity index (χ0v) is 11.2. The van der Waals surface area contributed by atoms with E-state index in [0.717, 1.165) is 25.2 Å². The Morgan fingerprint density at radius 3 is 2.94 bits per heavy atom. The summed E-state index contributed by atoms with van der Waals surface area (Å²) < 4.78 is 26.0. The van der Waals surface area contributed by atoms with Crippen LogP contribution in [0, 0.1) is 0 Å². The van der Waals surface area contributed by atoms with Gasteiger partial charge in [-0.2, -0.15) is 0 Å². The van der Waals surface area contributed by atoms with Crippen LogP contribution in [0.1, 0.15) is 12.1 Å². The molecule has 2 rings (SSSR count). The Hall–Kier alpha value is -0.980. The number of rotatable bonds is 4. The molecular formula is C12H19N3O2S. The molecular weight excluding hydrogens is 250 g/mol. The molecule has 0 spiro atoms. The second kappa shape index (κ2) is 6.26. The van der Waals surface area contributed by atoms with E-state index in [4.69, 9.17) is 0 Å². The van der Waals surface area contributed by atoms with E-state index in [0.29, 0.717) is 19.5 Å². The minimum atomic E-state index is -3.15. The first kappa shape index (κ1) is 13.5. The number of hydrogen-bond donors (Lipinski definition) is 1. The van der Waals surface area contributed by atoms with Crippen LogP contribution in [0.15, 0.2) is 24.4 Å². The summed E-state index contributed by atoms with van der Waals surface area (Å²) in [5.74, 6) is 0.143. The van der Waals surface area contributed by atoms with Crippen LogP contribution in [0.4, 0.5) is 0 Å². The van der Waals surface area contributed by atoms with Crippen LogP contribution in [0.3, 0.4) is 0 Å². The summed E-state index contributed by atoms with van der Waals surface area (Å²) in [4.78, 5) is 4.15. The van der Waals surface area contributed by atoms with Gasteiger partial charge in [-0.05, 0) is 25.1 Å². The molecule has 0 aromatic carbocycles.